The monoisotopic (exact) mass is 223 g/mol. The summed E-state index contributed by atoms with van der Waals surface area (Å²) in [6.45, 7) is 4.17. The Morgan fingerprint density at radius 3 is 3.12 bits per heavy atom. The molecule has 88 valence electrons. The molecule has 1 saturated heterocycles. The number of halogens is 1. The summed E-state index contributed by atoms with van der Waals surface area (Å²) >= 11 is 0. The lowest BCUT2D eigenvalue weighted by Gasteiger charge is -2.23. The highest BCUT2D eigenvalue weighted by atomic mass is 19.1. The summed E-state index contributed by atoms with van der Waals surface area (Å²) in [6.07, 6.45) is 2.21. The number of benzene rings is 1. The molecule has 1 aliphatic rings. The highest BCUT2D eigenvalue weighted by Gasteiger charge is 2.13. The van der Waals surface area contributed by atoms with Gasteiger partial charge in [0.2, 0.25) is 0 Å². The number of ether oxygens (including phenoxy) is 1. The first-order chi connectivity index (χ1) is 7.75. The van der Waals surface area contributed by atoms with Crippen LogP contribution in [0.25, 0.3) is 0 Å². The molecule has 0 bridgehead atoms. The molecule has 3 heteroatoms. The van der Waals surface area contributed by atoms with Crippen LogP contribution in [0.4, 0.5) is 4.39 Å². The summed E-state index contributed by atoms with van der Waals surface area (Å²) in [4.78, 5) is 0. The van der Waals surface area contributed by atoms with E-state index >= 15 is 0 Å². The third kappa shape index (κ3) is 3.03. The number of rotatable bonds is 3. The predicted molar refractivity (Wildman–Crippen MR) is 61.8 cm³/mol. The van der Waals surface area contributed by atoms with E-state index in [4.69, 9.17) is 4.74 Å². The Morgan fingerprint density at radius 1 is 1.50 bits per heavy atom. The lowest BCUT2D eigenvalue weighted by atomic mass is 10.1. The predicted octanol–water partition coefficient (Wildman–Crippen LogP) is 2.40. The van der Waals surface area contributed by atoms with Crippen LogP contribution in [0.2, 0.25) is 0 Å². The van der Waals surface area contributed by atoms with E-state index in [1.54, 1.807) is 6.07 Å². The second kappa shape index (κ2) is 5.41. The zero-order valence-corrected chi connectivity index (χ0v) is 9.63. The molecule has 1 N–H and O–H groups in total. The van der Waals surface area contributed by atoms with Crippen LogP contribution in [0.15, 0.2) is 18.2 Å². The summed E-state index contributed by atoms with van der Waals surface area (Å²) in [7, 11) is 0. The van der Waals surface area contributed by atoms with Gasteiger partial charge in [0.05, 0.1) is 6.61 Å². The Morgan fingerprint density at radius 2 is 2.38 bits per heavy atom. The lowest BCUT2D eigenvalue weighted by Crippen LogP contribution is -2.36. The van der Waals surface area contributed by atoms with Crippen molar-refractivity contribution >= 4 is 0 Å². The van der Waals surface area contributed by atoms with Crippen LogP contribution in [0.1, 0.15) is 24.0 Å². The van der Waals surface area contributed by atoms with Crippen molar-refractivity contribution in [2.24, 2.45) is 0 Å². The van der Waals surface area contributed by atoms with Crippen molar-refractivity contribution in [3.05, 3.63) is 35.1 Å². The molecule has 1 heterocycles. The van der Waals surface area contributed by atoms with Crippen molar-refractivity contribution in [1.29, 1.82) is 0 Å². The lowest BCUT2D eigenvalue weighted by molar-refractivity contribution is 0.0698. The van der Waals surface area contributed by atoms with Gasteiger partial charge in [0.1, 0.15) is 5.82 Å². The molecule has 0 saturated carbocycles. The van der Waals surface area contributed by atoms with Crippen LogP contribution in [0.3, 0.4) is 0 Å². The van der Waals surface area contributed by atoms with E-state index in [-0.39, 0.29) is 5.82 Å². The molecule has 16 heavy (non-hydrogen) atoms. The third-order valence-electron chi connectivity index (χ3n) is 2.94. The van der Waals surface area contributed by atoms with Crippen molar-refractivity contribution in [1.82, 2.24) is 5.32 Å². The molecule has 2 nitrogen and oxygen atoms in total. The molecule has 0 aliphatic carbocycles. The molecule has 1 unspecified atom stereocenters. The van der Waals surface area contributed by atoms with E-state index in [0.29, 0.717) is 12.6 Å². The minimum absolute atomic E-state index is 0.130. The van der Waals surface area contributed by atoms with Gasteiger partial charge in [0, 0.05) is 24.8 Å². The molecule has 2 rings (SSSR count). The fraction of sp³-hybridized carbons (Fsp3) is 0.538. The van der Waals surface area contributed by atoms with Gasteiger partial charge in [-0.15, -0.1) is 0 Å². The minimum atomic E-state index is -0.130. The molecule has 1 aliphatic heterocycles. The quantitative estimate of drug-likeness (QED) is 0.849. The van der Waals surface area contributed by atoms with Crippen molar-refractivity contribution in [2.45, 2.75) is 32.4 Å². The molecular formula is C13H18FNO. The van der Waals surface area contributed by atoms with Crippen molar-refractivity contribution in [3.8, 4) is 0 Å². The van der Waals surface area contributed by atoms with E-state index in [1.165, 1.54) is 6.07 Å². The Labute approximate surface area is 95.8 Å². The van der Waals surface area contributed by atoms with Gasteiger partial charge in [0.25, 0.3) is 0 Å². The molecule has 0 aromatic heterocycles. The maximum atomic E-state index is 13.5. The summed E-state index contributed by atoms with van der Waals surface area (Å²) in [6, 6.07) is 5.59. The number of hydrogen-bond acceptors (Lipinski definition) is 2. The first kappa shape index (κ1) is 11.6. The maximum Gasteiger partial charge on any atom is 0.127 e. The Balaban J connectivity index is 1.90. The Hall–Kier alpha value is -0.930. The van der Waals surface area contributed by atoms with Gasteiger partial charge in [-0.25, -0.2) is 4.39 Å². The molecular weight excluding hydrogens is 205 g/mol. The van der Waals surface area contributed by atoms with Gasteiger partial charge in [-0.2, -0.15) is 0 Å². The zero-order valence-electron chi connectivity index (χ0n) is 9.63. The second-order valence-corrected chi connectivity index (χ2v) is 4.39. The van der Waals surface area contributed by atoms with Gasteiger partial charge in [-0.3, -0.25) is 0 Å². The molecule has 1 aromatic rings. The van der Waals surface area contributed by atoms with Crippen LogP contribution in [0.5, 0.6) is 0 Å². The molecule has 0 radical (unpaired) electrons. The largest absolute Gasteiger partial charge is 0.380 e. The van der Waals surface area contributed by atoms with Gasteiger partial charge < -0.3 is 10.1 Å². The Bertz CT molecular complexity index is 348. The SMILES string of the molecule is Cc1ccc(F)c(CNC2CCCOC2)c1. The highest BCUT2D eigenvalue weighted by molar-refractivity contribution is 5.23. The summed E-state index contributed by atoms with van der Waals surface area (Å²) in [5.41, 5.74) is 1.84. The van der Waals surface area contributed by atoms with Gasteiger partial charge >= 0.3 is 0 Å². The summed E-state index contributed by atoms with van der Waals surface area (Å²) in [5, 5.41) is 3.34. The fourth-order valence-corrected chi connectivity index (χ4v) is 1.99. The minimum Gasteiger partial charge on any atom is -0.380 e. The summed E-state index contributed by atoms with van der Waals surface area (Å²) < 4.78 is 18.8. The summed E-state index contributed by atoms with van der Waals surface area (Å²) in [5.74, 6) is -0.130. The second-order valence-electron chi connectivity index (χ2n) is 4.39. The van der Waals surface area contributed by atoms with Gasteiger partial charge in [-0.05, 0) is 25.8 Å². The first-order valence-corrected chi connectivity index (χ1v) is 5.82. The Kier molecular flexibility index (Phi) is 3.91. The zero-order chi connectivity index (χ0) is 11.4. The van der Waals surface area contributed by atoms with Crippen LogP contribution < -0.4 is 5.32 Å². The number of nitrogens with one attached hydrogen (secondary N) is 1. The highest BCUT2D eigenvalue weighted by Crippen LogP contribution is 2.11. The van der Waals surface area contributed by atoms with E-state index in [2.05, 4.69) is 5.32 Å². The van der Waals surface area contributed by atoms with Crippen molar-refractivity contribution in [2.75, 3.05) is 13.2 Å². The molecule has 1 atom stereocenters. The third-order valence-corrected chi connectivity index (χ3v) is 2.94. The van der Waals surface area contributed by atoms with E-state index in [0.717, 1.165) is 37.2 Å². The smallest absolute Gasteiger partial charge is 0.127 e. The van der Waals surface area contributed by atoms with Crippen LogP contribution in [-0.4, -0.2) is 19.3 Å². The average molecular weight is 223 g/mol. The molecule has 1 aromatic carbocycles. The van der Waals surface area contributed by atoms with Crippen LogP contribution in [-0.2, 0) is 11.3 Å². The average Bonchev–Trinajstić information content (AvgIpc) is 2.32. The fourth-order valence-electron chi connectivity index (χ4n) is 1.99. The molecule has 0 amide bonds. The van der Waals surface area contributed by atoms with Gasteiger partial charge in [-0.1, -0.05) is 17.7 Å². The van der Waals surface area contributed by atoms with E-state index < -0.39 is 0 Å². The van der Waals surface area contributed by atoms with E-state index in [1.807, 2.05) is 13.0 Å². The topological polar surface area (TPSA) is 21.3 Å². The molecule has 1 fully saturated rings. The van der Waals surface area contributed by atoms with Crippen LogP contribution >= 0.6 is 0 Å². The molecule has 0 spiro atoms. The van der Waals surface area contributed by atoms with Crippen molar-refractivity contribution < 1.29 is 9.13 Å². The number of aryl methyl sites for hydroxylation is 1. The van der Waals surface area contributed by atoms with Crippen molar-refractivity contribution in [3.63, 3.8) is 0 Å². The maximum absolute atomic E-state index is 13.5. The van der Waals surface area contributed by atoms with E-state index in [9.17, 15) is 4.39 Å². The first-order valence-electron chi connectivity index (χ1n) is 5.82. The normalized spacial score (nSPS) is 21.0. The standard InChI is InChI=1S/C13H18FNO/c1-10-4-5-13(14)11(7-10)8-15-12-3-2-6-16-9-12/h4-5,7,12,15H,2-3,6,8-9H2,1H3. The van der Waals surface area contributed by atoms with Crippen LogP contribution in [0, 0.1) is 12.7 Å². The van der Waals surface area contributed by atoms with Gasteiger partial charge in [0.15, 0.2) is 0 Å². The number of hydrogen-bond donors (Lipinski definition) is 1.